The number of hydrogen-bond donors (Lipinski definition) is 2. The molecule has 4 heteroatoms. The van der Waals surface area contributed by atoms with Gasteiger partial charge in [0.05, 0.1) is 5.02 Å². The van der Waals surface area contributed by atoms with Gasteiger partial charge in [-0.05, 0) is 38.5 Å². The van der Waals surface area contributed by atoms with Crippen molar-refractivity contribution in [2.24, 2.45) is 0 Å². The minimum Gasteiger partial charge on any atom is -0.396 e. The Hall–Kier alpha value is -0.800. The van der Waals surface area contributed by atoms with E-state index in [2.05, 4.69) is 5.32 Å². The maximum Gasteiger partial charge on any atom is 0.141 e. The van der Waals surface area contributed by atoms with E-state index in [4.69, 9.17) is 16.7 Å². The molecule has 0 aliphatic rings. The Morgan fingerprint density at radius 2 is 2.13 bits per heavy atom. The molecular weight excluding hydrogens is 217 g/mol. The fourth-order valence-electron chi connectivity index (χ4n) is 1.31. The highest BCUT2D eigenvalue weighted by atomic mass is 35.5. The van der Waals surface area contributed by atoms with Gasteiger partial charge in [-0.3, -0.25) is 0 Å². The zero-order valence-corrected chi connectivity index (χ0v) is 9.61. The van der Waals surface area contributed by atoms with Crippen LogP contribution in [0.4, 0.5) is 10.1 Å². The van der Waals surface area contributed by atoms with Crippen LogP contribution in [0.3, 0.4) is 0 Å². The highest BCUT2D eigenvalue weighted by molar-refractivity contribution is 6.31. The second kappa shape index (κ2) is 4.81. The third-order valence-electron chi connectivity index (χ3n) is 2.14. The molecule has 2 N–H and O–H groups in total. The minimum atomic E-state index is -0.429. The highest BCUT2D eigenvalue weighted by Crippen LogP contribution is 2.23. The van der Waals surface area contributed by atoms with E-state index in [1.54, 1.807) is 6.07 Å². The van der Waals surface area contributed by atoms with Gasteiger partial charge in [0.25, 0.3) is 0 Å². The van der Waals surface area contributed by atoms with Crippen LogP contribution in [0.15, 0.2) is 18.2 Å². The first-order valence-corrected chi connectivity index (χ1v) is 5.16. The molecule has 84 valence electrons. The summed E-state index contributed by atoms with van der Waals surface area (Å²) < 4.78 is 12.9. The van der Waals surface area contributed by atoms with Gasteiger partial charge in [0.1, 0.15) is 5.82 Å². The maximum atomic E-state index is 12.9. The Morgan fingerprint density at radius 3 is 2.67 bits per heavy atom. The van der Waals surface area contributed by atoms with Gasteiger partial charge in [0, 0.05) is 17.8 Å². The molecule has 0 heterocycles. The second-order valence-electron chi connectivity index (χ2n) is 4.11. The van der Waals surface area contributed by atoms with E-state index in [-0.39, 0.29) is 17.2 Å². The Labute approximate surface area is 94.1 Å². The van der Waals surface area contributed by atoms with E-state index >= 15 is 0 Å². The summed E-state index contributed by atoms with van der Waals surface area (Å²) in [7, 11) is 0. The predicted octanol–water partition coefficient (Wildman–Crippen LogP) is 3.05. The van der Waals surface area contributed by atoms with E-state index in [0.29, 0.717) is 6.42 Å². The smallest absolute Gasteiger partial charge is 0.141 e. The molecule has 15 heavy (non-hydrogen) atoms. The molecule has 0 radical (unpaired) electrons. The Balaban J connectivity index is 2.76. The first-order chi connectivity index (χ1) is 6.94. The van der Waals surface area contributed by atoms with Gasteiger partial charge in [-0.2, -0.15) is 0 Å². The average Bonchev–Trinajstić information content (AvgIpc) is 2.10. The second-order valence-corrected chi connectivity index (χ2v) is 4.52. The normalized spacial score (nSPS) is 11.5. The molecule has 0 amide bonds. The van der Waals surface area contributed by atoms with Crippen molar-refractivity contribution in [1.29, 1.82) is 0 Å². The van der Waals surface area contributed by atoms with Crippen LogP contribution < -0.4 is 5.32 Å². The van der Waals surface area contributed by atoms with Crippen LogP contribution in [0.5, 0.6) is 0 Å². The molecule has 1 aromatic rings. The van der Waals surface area contributed by atoms with E-state index < -0.39 is 5.82 Å². The summed E-state index contributed by atoms with van der Waals surface area (Å²) in [4.78, 5) is 0. The van der Waals surface area contributed by atoms with Crippen molar-refractivity contribution in [2.75, 3.05) is 11.9 Å². The van der Waals surface area contributed by atoms with Gasteiger partial charge in [-0.1, -0.05) is 11.6 Å². The summed E-state index contributed by atoms with van der Waals surface area (Å²) in [6.07, 6.45) is 0.613. The van der Waals surface area contributed by atoms with Crippen molar-refractivity contribution in [3.05, 3.63) is 29.0 Å². The Morgan fingerprint density at radius 1 is 1.47 bits per heavy atom. The fraction of sp³-hybridized carbons (Fsp3) is 0.455. The molecule has 0 saturated carbocycles. The van der Waals surface area contributed by atoms with Gasteiger partial charge in [0.15, 0.2) is 0 Å². The van der Waals surface area contributed by atoms with Crippen LogP contribution in [0.25, 0.3) is 0 Å². The summed E-state index contributed by atoms with van der Waals surface area (Å²) >= 11 is 5.66. The number of hydrogen-bond acceptors (Lipinski definition) is 2. The maximum absolute atomic E-state index is 12.9. The lowest BCUT2D eigenvalue weighted by Gasteiger charge is -2.26. The van der Waals surface area contributed by atoms with Crippen LogP contribution in [0.1, 0.15) is 20.3 Å². The Bertz CT molecular complexity index is 341. The lowest BCUT2D eigenvalue weighted by molar-refractivity contribution is 0.261. The van der Waals surface area contributed by atoms with Crippen LogP contribution in [-0.4, -0.2) is 17.3 Å². The first kappa shape index (κ1) is 12.3. The van der Waals surface area contributed by atoms with Crippen LogP contribution in [0, 0.1) is 5.82 Å². The van der Waals surface area contributed by atoms with E-state index in [1.807, 2.05) is 13.8 Å². The molecule has 1 aromatic carbocycles. The number of halogens is 2. The molecule has 0 atom stereocenters. The van der Waals surface area contributed by atoms with Crippen LogP contribution in [0.2, 0.25) is 5.02 Å². The summed E-state index contributed by atoms with van der Waals surface area (Å²) in [6.45, 7) is 4.02. The van der Waals surface area contributed by atoms with Crippen molar-refractivity contribution < 1.29 is 9.50 Å². The quantitative estimate of drug-likeness (QED) is 0.835. The van der Waals surface area contributed by atoms with Crippen molar-refractivity contribution in [2.45, 2.75) is 25.8 Å². The molecule has 0 saturated heterocycles. The molecule has 0 aliphatic carbocycles. The number of nitrogens with one attached hydrogen (secondary N) is 1. The molecule has 1 rings (SSSR count). The molecule has 0 aromatic heterocycles. The highest BCUT2D eigenvalue weighted by Gasteiger charge is 2.16. The van der Waals surface area contributed by atoms with Crippen molar-refractivity contribution in [3.63, 3.8) is 0 Å². The van der Waals surface area contributed by atoms with Gasteiger partial charge in [-0.25, -0.2) is 4.39 Å². The zero-order valence-electron chi connectivity index (χ0n) is 8.85. The monoisotopic (exact) mass is 231 g/mol. The summed E-state index contributed by atoms with van der Waals surface area (Å²) in [5, 5.41) is 12.1. The van der Waals surface area contributed by atoms with Crippen LogP contribution >= 0.6 is 11.6 Å². The molecule has 0 bridgehead atoms. The van der Waals surface area contributed by atoms with Gasteiger partial charge in [-0.15, -0.1) is 0 Å². The van der Waals surface area contributed by atoms with Crippen molar-refractivity contribution in [1.82, 2.24) is 0 Å². The number of aliphatic hydroxyl groups excluding tert-OH is 1. The molecule has 0 fully saturated rings. The summed E-state index contributed by atoms with van der Waals surface area (Å²) in [5.74, 6) is -0.429. The summed E-state index contributed by atoms with van der Waals surface area (Å²) in [5.41, 5.74) is 0.510. The molecule has 0 aliphatic heterocycles. The van der Waals surface area contributed by atoms with E-state index in [1.165, 1.54) is 12.1 Å². The van der Waals surface area contributed by atoms with Crippen LogP contribution in [-0.2, 0) is 0 Å². The first-order valence-electron chi connectivity index (χ1n) is 4.79. The molecular formula is C11H15ClFNO. The predicted molar refractivity (Wildman–Crippen MR) is 60.8 cm³/mol. The standard InChI is InChI=1S/C11H15ClFNO/c1-11(2,5-6-15)14-8-3-4-10(13)9(12)7-8/h3-4,7,14-15H,5-6H2,1-2H3. The lowest BCUT2D eigenvalue weighted by atomic mass is 10.0. The lowest BCUT2D eigenvalue weighted by Crippen LogP contribution is -2.31. The third-order valence-corrected chi connectivity index (χ3v) is 2.43. The number of anilines is 1. The SMILES string of the molecule is CC(C)(CCO)Nc1ccc(F)c(Cl)c1. The van der Waals surface area contributed by atoms with Gasteiger partial charge < -0.3 is 10.4 Å². The van der Waals surface area contributed by atoms with Crippen molar-refractivity contribution >= 4 is 17.3 Å². The van der Waals surface area contributed by atoms with Gasteiger partial charge >= 0.3 is 0 Å². The Kier molecular flexibility index (Phi) is 3.94. The summed E-state index contributed by atoms with van der Waals surface area (Å²) in [6, 6.07) is 4.48. The minimum absolute atomic E-state index is 0.0970. The fourth-order valence-corrected chi connectivity index (χ4v) is 1.49. The van der Waals surface area contributed by atoms with Gasteiger partial charge in [0.2, 0.25) is 0 Å². The van der Waals surface area contributed by atoms with Crippen molar-refractivity contribution in [3.8, 4) is 0 Å². The molecule has 0 spiro atoms. The number of rotatable bonds is 4. The van der Waals surface area contributed by atoms with E-state index in [9.17, 15) is 4.39 Å². The third kappa shape index (κ3) is 3.68. The molecule has 2 nitrogen and oxygen atoms in total. The zero-order chi connectivity index (χ0) is 11.5. The van der Waals surface area contributed by atoms with E-state index in [0.717, 1.165) is 5.69 Å². The number of aliphatic hydroxyl groups is 1. The average molecular weight is 232 g/mol. The topological polar surface area (TPSA) is 32.3 Å². The number of benzene rings is 1. The largest absolute Gasteiger partial charge is 0.396 e. The molecule has 0 unspecified atom stereocenters.